The van der Waals surface area contributed by atoms with Crippen LogP contribution in [0.1, 0.15) is 26.3 Å². The van der Waals surface area contributed by atoms with Crippen molar-refractivity contribution in [1.82, 2.24) is 10.6 Å². The summed E-state index contributed by atoms with van der Waals surface area (Å²) in [5.74, 6) is 2.23. The molecule has 1 aromatic carbocycles. The molecule has 112 valence electrons. The molecule has 0 aliphatic carbocycles. The van der Waals surface area contributed by atoms with E-state index in [0.717, 1.165) is 23.0 Å². The van der Waals surface area contributed by atoms with Crippen molar-refractivity contribution in [3.8, 4) is 11.5 Å². The van der Waals surface area contributed by atoms with Gasteiger partial charge in [0.15, 0.2) is 17.5 Å². The average molecular weight is 279 g/mol. The Labute approximate surface area is 121 Å². The third-order valence-corrected chi connectivity index (χ3v) is 2.62. The molecule has 0 aliphatic rings. The molecular weight excluding hydrogens is 254 g/mol. The lowest BCUT2D eigenvalue weighted by Crippen LogP contribution is -2.47. The minimum absolute atomic E-state index is 0.0283. The molecule has 1 rings (SSSR count). The molecule has 0 bridgehead atoms. The van der Waals surface area contributed by atoms with Crippen LogP contribution in [0.4, 0.5) is 0 Å². The summed E-state index contributed by atoms with van der Waals surface area (Å²) in [7, 11) is 5.02. The molecule has 0 atom stereocenters. The van der Waals surface area contributed by atoms with Gasteiger partial charge in [-0.1, -0.05) is 6.07 Å². The van der Waals surface area contributed by atoms with Crippen LogP contribution in [0.25, 0.3) is 0 Å². The number of hydrogen-bond donors (Lipinski definition) is 2. The molecule has 20 heavy (non-hydrogen) atoms. The predicted molar refractivity (Wildman–Crippen MR) is 82.6 cm³/mol. The summed E-state index contributed by atoms with van der Waals surface area (Å²) < 4.78 is 10.5. The standard InChI is InChI=1S/C15H25N3O2/c1-15(2,3)18-14(16-4)17-10-11-7-8-12(19-5)13(9-11)20-6/h7-9H,10H2,1-6H3,(H2,16,17,18). The molecule has 0 heterocycles. The van der Waals surface area contributed by atoms with E-state index in [1.54, 1.807) is 21.3 Å². The second kappa shape index (κ2) is 7.03. The number of nitrogens with one attached hydrogen (secondary N) is 2. The van der Waals surface area contributed by atoms with Gasteiger partial charge in [-0.05, 0) is 38.5 Å². The number of guanidine groups is 1. The van der Waals surface area contributed by atoms with Crippen LogP contribution in [0.2, 0.25) is 0 Å². The van der Waals surface area contributed by atoms with E-state index in [0.29, 0.717) is 6.54 Å². The van der Waals surface area contributed by atoms with E-state index in [4.69, 9.17) is 9.47 Å². The first kappa shape index (κ1) is 16.1. The third-order valence-electron chi connectivity index (χ3n) is 2.62. The van der Waals surface area contributed by atoms with Crippen molar-refractivity contribution in [3.05, 3.63) is 23.8 Å². The highest BCUT2D eigenvalue weighted by Crippen LogP contribution is 2.27. The zero-order chi connectivity index (χ0) is 15.2. The van der Waals surface area contributed by atoms with Crippen LogP contribution in [0.5, 0.6) is 11.5 Å². The van der Waals surface area contributed by atoms with Gasteiger partial charge in [0.1, 0.15) is 0 Å². The van der Waals surface area contributed by atoms with Gasteiger partial charge in [0.25, 0.3) is 0 Å². The fraction of sp³-hybridized carbons (Fsp3) is 0.533. The second-order valence-electron chi connectivity index (χ2n) is 5.49. The summed E-state index contributed by atoms with van der Waals surface area (Å²) in [6.07, 6.45) is 0. The Kier molecular flexibility index (Phi) is 5.67. The van der Waals surface area contributed by atoms with Crippen LogP contribution < -0.4 is 20.1 Å². The largest absolute Gasteiger partial charge is 0.493 e. The first-order valence-electron chi connectivity index (χ1n) is 6.59. The Bertz CT molecular complexity index is 465. The number of nitrogens with zero attached hydrogens (tertiary/aromatic N) is 1. The molecule has 5 heteroatoms. The van der Waals surface area contributed by atoms with Gasteiger partial charge in [0.05, 0.1) is 14.2 Å². The highest BCUT2D eigenvalue weighted by atomic mass is 16.5. The highest BCUT2D eigenvalue weighted by Gasteiger charge is 2.12. The Morgan fingerprint density at radius 1 is 1.15 bits per heavy atom. The third kappa shape index (κ3) is 4.99. The Morgan fingerprint density at radius 2 is 1.80 bits per heavy atom. The van der Waals surface area contributed by atoms with Crippen molar-refractivity contribution in [1.29, 1.82) is 0 Å². The lowest BCUT2D eigenvalue weighted by Gasteiger charge is -2.23. The van der Waals surface area contributed by atoms with Gasteiger partial charge in [0.2, 0.25) is 0 Å². The van der Waals surface area contributed by atoms with E-state index in [2.05, 4.69) is 36.4 Å². The SMILES string of the molecule is CN=C(NCc1ccc(OC)c(OC)c1)NC(C)(C)C. The molecule has 5 nitrogen and oxygen atoms in total. The molecule has 2 N–H and O–H groups in total. The van der Waals surface area contributed by atoms with Crippen LogP contribution in [-0.4, -0.2) is 32.8 Å². The summed E-state index contributed by atoms with van der Waals surface area (Å²) in [4.78, 5) is 4.20. The van der Waals surface area contributed by atoms with E-state index in [1.165, 1.54) is 0 Å². The molecule has 0 amide bonds. The predicted octanol–water partition coefficient (Wildman–Crippen LogP) is 2.17. The number of rotatable bonds is 4. The Hall–Kier alpha value is -1.91. The maximum Gasteiger partial charge on any atom is 0.191 e. The monoisotopic (exact) mass is 279 g/mol. The number of aliphatic imine (C=N–C) groups is 1. The zero-order valence-corrected chi connectivity index (χ0v) is 13.2. The van der Waals surface area contributed by atoms with Gasteiger partial charge in [-0.15, -0.1) is 0 Å². The van der Waals surface area contributed by atoms with Crippen molar-refractivity contribution in [2.24, 2.45) is 4.99 Å². The topological polar surface area (TPSA) is 54.9 Å². The number of benzene rings is 1. The van der Waals surface area contributed by atoms with Gasteiger partial charge in [0, 0.05) is 19.1 Å². The lowest BCUT2D eigenvalue weighted by atomic mass is 10.1. The highest BCUT2D eigenvalue weighted by molar-refractivity contribution is 5.80. The van der Waals surface area contributed by atoms with Gasteiger partial charge in [-0.25, -0.2) is 0 Å². The smallest absolute Gasteiger partial charge is 0.191 e. The minimum Gasteiger partial charge on any atom is -0.493 e. The zero-order valence-electron chi connectivity index (χ0n) is 13.2. The Balaban J connectivity index is 2.70. The van der Waals surface area contributed by atoms with Gasteiger partial charge in [-0.3, -0.25) is 4.99 Å². The first-order valence-corrected chi connectivity index (χ1v) is 6.59. The molecule has 0 unspecified atom stereocenters. The molecule has 0 aliphatic heterocycles. The number of hydrogen-bond acceptors (Lipinski definition) is 3. The molecule has 0 spiro atoms. The fourth-order valence-corrected chi connectivity index (χ4v) is 1.71. The maximum absolute atomic E-state index is 5.29. The van der Waals surface area contributed by atoms with Crippen molar-refractivity contribution in [2.75, 3.05) is 21.3 Å². The van der Waals surface area contributed by atoms with Gasteiger partial charge in [-0.2, -0.15) is 0 Å². The van der Waals surface area contributed by atoms with Crippen LogP contribution in [0, 0.1) is 0 Å². The summed E-state index contributed by atoms with van der Waals surface area (Å²) in [5.41, 5.74) is 1.07. The molecule has 0 aromatic heterocycles. The number of methoxy groups -OCH3 is 2. The van der Waals surface area contributed by atoms with E-state index in [9.17, 15) is 0 Å². The Morgan fingerprint density at radius 3 is 2.30 bits per heavy atom. The molecular formula is C15H25N3O2. The summed E-state index contributed by atoms with van der Waals surface area (Å²) in [5, 5.41) is 6.58. The van der Waals surface area contributed by atoms with Crippen molar-refractivity contribution in [3.63, 3.8) is 0 Å². The second-order valence-corrected chi connectivity index (χ2v) is 5.49. The van der Waals surface area contributed by atoms with E-state index >= 15 is 0 Å². The normalized spacial score (nSPS) is 12.0. The number of ether oxygens (including phenoxy) is 2. The van der Waals surface area contributed by atoms with Crippen molar-refractivity contribution < 1.29 is 9.47 Å². The first-order chi connectivity index (χ1) is 9.39. The van der Waals surface area contributed by atoms with Crippen LogP contribution >= 0.6 is 0 Å². The molecule has 0 fully saturated rings. The maximum atomic E-state index is 5.29. The van der Waals surface area contributed by atoms with Crippen LogP contribution in [0.15, 0.2) is 23.2 Å². The summed E-state index contributed by atoms with van der Waals surface area (Å²) in [6, 6.07) is 5.85. The van der Waals surface area contributed by atoms with E-state index < -0.39 is 0 Å². The molecule has 0 saturated carbocycles. The quantitative estimate of drug-likeness (QED) is 0.655. The summed E-state index contributed by atoms with van der Waals surface area (Å²) in [6.45, 7) is 6.94. The minimum atomic E-state index is -0.0283. The average Bonchev–Trinajstić information content (AvgIpc) is 2.41. The van der Waals surface area contributed by atoms with E-state index in [-0.39, 0.29) is 5.54 Å². The molecule has 0 radical (unpaired) electrons. The van der Waals surface area contributed by atoms with Crippen molar-refractivity contribution in [2.45, 2.75) is 32.9 Å². The molecule has 0 saturated heterocycles. The fourth-order valence-electron chi connectivity index (χ4n) is 1.71. The van der Waals surface area contributed by atoms with E-state index in [1.807, 2.05) is 18.2 Å². The lowest BCUT2D eigenvalue weighted by molar-refractivity contribution is 0.354. The van der Waals surface area contributed by atoms with Crippen LogP contribution in [0.3, 0.4) is 0 Å². The van der Waals surface area contributed by atoms with Gasteiger partial charge >= 0.3 is 0 Å². The summed E-state index contributed by atoms with van der Waals surface area (Å²) >= 11 is 0. The van der Waals surface area contributed by atoms with Gasteiger partial charge < -0.3 is 20.1 Å². The van der Waals surface area contributed by atoms with Crippen molar-refractivity contribution >= 4 is 5.96 Å². The molecule has 1 aromatic rings. The van der Waals surface area contributed by atoms with Crippen LogP contribution in [-0.2, 0) is 6.54 Å².